The van der Waals surface area contributed by atoms with E-state index in [0.29, 0.717) is 18.3 Å². The van der Waals surface area contributed by atoms with Crippen LogP contribution in [0.4, 0.5) is 0 Å². The van der Waals surface area contributed by atoms with Gasteiger partial charge in [0.05, 0.1) is 19.2 Å². The van der Waals surface area contributed by atoms with Gasteiger partial charge in [-0.25, -0.2) is 4.99 Å². The van der Waals surface area contributed by atoms with E-state index in [-0.39, 0.29) is 36.6 Å². The molecule has 0 aliphatic rings. The maximum atomic E-state index is 10.7. The molecule has 2 rings (SSSR count). The molecule has 1 heterocycles. The minimum Gasteiger partial charge on any atom is -0.491 e. The van der Waals surface area contributed by atoms with E-state index >= 15 is 0 Å². The lowest BCUT2D eigenvalue weighted by Gasteiger charge is -2.22. The number of ether oxygens (including phenoxy) is 1. The largest absolute Gasteiger partial charge is 0.491 e. The molecule has 0 spiro atoms. The normalized spacial score (nSPS) is 13.6. The maximum Gasteiger partial charge on any atom is 0.191 e. The lowest BCUT2D eigenvalue weighted by atomic mass is 10.0. The van der Waals surface area contributed by atoms with E-state index < -0.39 is 5.60 Å². The summed E-state index contributed by atoms with van der Waals surface area (Å²) in [5, 5.41) is 17.0. The van der Waals surface area contributed by atoms with Gasteiger partial charge in [-0.3, -0.25) is 0 Å². The first-order valence-corrected chi connectivity index (χ1v) is 9.37. The molecule has 1 aromatic heterocycles. The van der Waals surface area contributed by atoms with Crippen molar-refractivity contribution in [3.8, 4) is 5.75 Å². The van der Waals surface area contributed by atoms with E-state index in [2.05, 4.69) is 15.6 Å². The molecular weight excluding hydrogens is 469 g/mol. The maximum absolute atomic E-state index is 10.7. The van der Waals surface area contributed by atoms with E-state index in [1.54, 1.807) is 13.0 Å². The predicted molar refractivity (Wildman–Crippen MR) is 123 cm³/mol. The highest BCUT2D eigenvalue weighted by molar-refractivity contribution is 14.0. The predicted octanol–water partition coefficient (Wildman–Crippen LogP) is 3.96. The summed E-state index contributed by atoms with van der Waals surface area (Å²) in [6.07, 6.45) is 0.134. The van der Waals surface area contributed by atoms with Gasteiger partial charge in [0.15, 0.2) is 5.96 Å². The van der Waals surface area contributed by atoms with Crippen LogP contribution in [0.25, 0.3) is 0 Å². The fourth-order valence-corrected chi connectivity index (χ4v) is 2.57. The Morgan fingerprint density at radius 3 is 2.61 bits per heavy atom. The number of halogens is 1. The first-order chi connectivity index (χ1) is 12.8. The topological polar surface area (TPSA) is 79.0 Å². The Balaban J connectivity index is 0.00000392. The molecule has 0 fully saturated rings. The van der Waals surface area contributed by atoms with Crippen molar-refractivity contribution in [2.45, 2.75) is 52.9 Å². The number of aliphatic hydroxyl groups is 1. The van der Waals surface area contributed by atoms with Gasteiger partial charge in [0.25, 0.3) is 0 Å². The molecular formula is C21H32IN3O3. The number of hydrogen-bond donors (Lipinski definition) is 3. The van der Waals surface area contributed by atoms with E-state index in [9.17, 15) is 5.11 Å². The molecule has 6 nitrogen and oxygen atoms in total. The second-order valence-electron chi connectivity index (χ2n) is 7.05. The summed E-state index contributed by atoms with van der Waals surface area (Å²) in [6.45, 7) is 11.1. The molecule has 156 valence electrons. The van der Waals surface area contributed by atoms with Crippen molar-refractivity contribution in [1.82, 2.24) is 10.6 Å². The van der Waals surface area contributed by atoms with Gasteiger partial charge in [0, 0.05) is 6.54 Å². The van der Waals surface area contributed by atoms with Crippen LogP contribution in [-0.2, 0) is 12.1 Å². The standard InChI is InChI=1S/C21H31N3O3.HI/c1-6-22-20(24-14-21(5,25)19-11-10-16(4)27-19)23-13-17-8-7-9-18(12-17)26-15(2)3;/h7-12,15,25H,6,13-14H2,1-5H3,(H2,22,23,24);1H. The zero-order chi connectivity index (χ0) is 19.9. The van der Waals surface area contributed by atoms with Crippen LogP contribution < -0.4 is 15.4 Å². The average molecular weight is 501 g/mol. The van der Waals surface area contributed by atoms with Crippen LogP contribution in [0.2, 0.25) is 0 Å². The summed E-state index contributed by atoms with van der Waals surface area (Å²) in [4.78, 5) is 4.60. The van der Waals surface area contributed by atoms with Crippen molar-refractivity contribution in [3.05, 3.63) is 53.5 Å². The Labute approximate surface area is 184 Å². The van der Waals surface area contributed by atoms with Crippen LogP contribution in [0, 0.1) is 6.92 Å². The summed E-state index contributed by atoms with van der Waals surface area (Å²) in [6, 6.07) is 11.6. The molecule has 0 aliphatic heterocycles. The van der Waals surface area contributed by atoms with Crippen LogP contribution in [0.3, 0.4) is 0 Å². The molecule has 0 saturated carbocycles. The van der Waals surface area contributed by atoms with Crippen LogP contribution in [0.1, 0.15) is 44.8 Å². The SMILES string of the molecule is CCNC(=NCc1cccc(OC(C)C)c1)NCC(C)(O)c1ccc(C)o1.I. The molecule has 2 aromatic rings. The molecule has 0 bridgehead atoms. The Morgan fingerprint density at radius 1 is 1.25 bits per heavy atom. The van der Waals surface area contributed by atoms with Crippen molar-refractivity contribution in [2.24, 2.45) is 4.99 Å². The molecule has 0 amide bonds. The monoisotopic (exact) mass is 501 g/mol. The van der Waals surface area contributed by atoms with Gasteiger partial charge in [-0.1, -0.05) is 12.1 Å². The zero-order valence-electron chi connectivity index (χ0n) is 17.3. The Kier molecular flexibility index (Phi) is 9.81. The fourth-order valence-electron chi connectivity index (χ4n) is 2.57. The lowest BCUT2D eigenvalue weighted by Crippen LogP contribution is -2.44. The third kappa shape index (κ3) is 7.71. The van der Waals surface area contributed by atoms with Gasteiger partial charge in [-0.15, -0.1) is 24.0 Å². The minimum absolute atomic E-state index is 0. The highest BCUT2D eigenvalue weighted by Crippen LogP contribution is 2.22. The zero-order valence-corrected chi connectivity index (χ0v) is 19.6. The van der Waals surface area contributed by atoms with E-state index in [4.69, 9.17) is 9.15 Å². The molecule has 0 radical (unpaired) electrons. The number of guanidine groups is 1. The molecule has 0 aliphatic carbocycles. The highest BCUT2D eigenvalue weighted by Gasteiger charge is 2.27. The van der Waals surface area contributed by atoms with E-state index in [1.807, 2.05) is 58.0 Å². The van der Waals surface area contributed by atoms with Crippen LogP contribution in [0.5, 0.6) is 5.75 Å². The van der Waals surface area contributed by atoms with Gasteiger partial charge in [0.1, 0.15) is 22.9 Å². The smallest absolute Gasteiger partial charge is 0.191 e. The first kappa shape index (κ1) is 24.3. The molecule has 7 heteroatoms. The fraction of sp³-hybridized carbons (Fsp3) is 0.476. The van der Waals surface area contributed by atoms with Gasteiger partial charge >= 0.3 is 0 Å². The number of nitrogens with zero attached hydrogens (tertiary/aromatic N) is 1. The Morgan fingerprint density at radius 2 is 2.00 bits per heavy atom. The molecule has 1 unspecified atom stereocenters. The third-order valence-corrected chi connectivity index (χ3v) is 3.91. The Hall–Kier alpha value is -1.74. The van der Waals surface area contributed by atoms with E-state index in [1.165, 1.54) is 0 Å². The Bertz CT molecular complexity index is 757. The number of hydrogen-bond acceptors (Lipinski definition) is 4. The molecule has 0 saturated heterocycles. The number of rotatable bonds is 8. The van der Waals surface area contributed by atoms with Crippen molar-refractivity contribution in [2.75, 3.05) is 13.1 Å². The number of nitrogens with one attached hydrogen (secondary N) is 2. The third-order valence-electron chi connectivity index (χ3n) is 3.91. The summed E-state index contributed by atoms with van der Waals surface area (Å²) < 4.78 is 11.3. The van der Waals surface area contributed by atoms with Crippen LogP contribution >= 0.6 is 24.0 Å². The summed E-state index contributed by atoms with van der Waals surface area (Å²) in [7, 11) is 0. The summed E-state index contributed by atoms with van der Waals surface area (Å²) >= 11 is 0. The molecule has 3 N–H and O–H groups in total. The number of benzene rings is 1. The number of furan rings is 1. The van der Waals surface area contributed by atoms with Crippen molar-refractivity contribution < 1.29 is 14.3 Å². The molecule has 28 heavy (non-hydrogen) atoms. The second-order valence-corrected chi connectivity index (χ2v) is 7.05. The first-order valence-electron chi connectivity index (χ1n) is 9.37. The molecule has 1 atom stereocenters. The quantitative estimate of drug-likeness (QED) is 0.290. The van der Waals surface area contributed by atoms with Gasteiger partial charge in [0.2, 0.25) is 0 Å². The highest BCUT2D eigenvalue weighted by atomic mass is 127. The second kappa shape index (κ2) is 11.3. The van der Waals surface area contributed by atoms with Gasteiger partial charge < -0.3 is 24.9 Å². The van der Waals surface area contributed by atoms with E-state index in [0.717, 1.165) is 23.6 Å². The van der Waals surface area contributed by atoms with Crippen molar-refractivity contribution in [1.29, 1.82) is 0 Å². The van der Waals surface area contributed by atoms with Gasteiger partial charge in [-0.2, -0.15) is 0 Å². The van der Waals surface area contributed by atoms with Gasteiger partial charge in [-0.05, 0) is 64.4 Å². The summed E-state index contributed by atoms with van der Waals surface area (Å²) in [5.41, 5.74) is -0.0751. The van der Waals surface area contributed by atoms with Crippen LogP contribution in [-0.4, -0.2) is 30.3 Å². The summed E-state index contributed by atoms with van der Waals surface area (Å²) in [5.74, 6) is 2.78. The average Bonchev–Trinajstić information content (AvgIpc) is 3.04. The minimum atomic E-state index is -1.13. The van der Waals surface area contributed by atoms with Crippen molar-refractivity contribution in [3.63, 3.8) is 0 Å². The van der Waals surface area contributed by atoms with Crippen LogP contribution in [0.15, 0.2) is 45.8 Å². The van der Waals surface area contributed by atoms with Crippen molar-refractivity contribution >= 4 is 29.9 Å². The molecule has 1 aromatic carbocycles. The number of aryl methyl sites for hydroxylation is 1. The lowest BCUT2D eigenvalue weighted by molar-refractivity contribution is 0.0378. The number of aliphatic imine (C=N–C) groups is 1.